The SMILES string of the molecule is Cn1c2nc(OC[C@@]34CCCN3C[C@H](F)C4)nc(N3C[C@H]4CC[C@@H](C3)N4C(=O)OC(C)(C)C)c2c2ccnc(-c3ccc(F)c4sc(NC(=O)OC(C)(C)C)c(C#N)c34)c21. The molecule has 1 N–H and O–H groups in total. The first-order valence-electron chi connectivity index (χ1n) is 20.5. The molecule has 4 saturated heterocycles. The zero-order valence-electron chi connectivity index (χ0n) is 34.9. The number of nitrogens with one attached hydrogen (secondary N) is 1. The van der Waals surface area contributed by atoms with Gasteiger partial charge in [-0.05, 0) is 92.0 Å². The van der Waals surface area contributed by atoms with Crippen LogP contribution in [0.25, 0.3) is 43.3 Å². The highest BCUT2D eigenvalue weighted by Crippen LogP contribution is 2.46. The van der Waals surface area contributed by atoms with E-state index in [1.54, 1.807) is 33.0 Å². The van der Waals surface area contributed by atoms with Crippen molar-refractivity contribution in [1.29, 1.82) is 5.26 Å². The number of aryl methyl sites for hydroxylation is 1. The predicted molar refractivity (Wildman–Crippen MR) is 225 cm³/mol. The molecule has 0 saturated carbocycles. The molecule has 5 aromatic rings. The Hall–Kier alpha value is -5.34. The number of rotatable bonds is 6. The van der Waals surface area contributed by atoms with E-state index >= 15 is 4.39 Å². The highest BCUT2D eigenvalue weighted by molar-refractivity contribution is 7.23. The van der Waals surface area contributed by atoms with Crippen molar-refractivity contribution in [2.75, 3.05) is 43.0 Å². The van der Waals surface area contributed by atoms with Crippen LogP contribution in [-0.2, 0) is 16.5 Å². The third-order valence-electron chi connectivity index (χ3n) is 12.1. The Morgan fingerprint density at radius 3 is 2.47 bits per heavy atom. The number of carbonyl (C=O) groups is 2. The summed E-state index contributed by atoms with van der Waals surface area (Å²) < 4.78 is 50.3. The minimum absolute atomic E-state index is 0.0881. The lowest BCUT2D eigenvalue weighted by atomic mass is 9.95. The molecule has 4 atom stereocenters. The van der Waals surface area contributed by atoms with Crippen molar-refractivity contribution in [2.24, 2.45) is 7.05 Å². The fraction of sp³-hybridized carbons (Fsp3) is 0.535. The van der Waals surface area contributed by atoms with Crippen LogP contribution in [0.15, 0.2) is 24.4 Å². The van der Waals surface area contributed by atoms with Gasteiger partial charge in [0, 0.05) is 55.6 Å². The van der Waals surface area contributed by atoms with E-state index in [0.29, 0.717) is 59.7 Å². The average molecular weight is 842 g/mol. The van der Waals surface area contributed by atoms with E-state index in [9.17, 15) is 19.2 Å². The Balaban J connectivity index is 1.18. The second-order valence-corrected chi connectivity index (χ2v) is 19.5. The van der Waals surface area contributed by atoms with Crippen molar-refractivity contribution in [3.63, 3.8) is 0 Å². The monoisotopic (exact) mass is 841 g/mol. The number of hydrogen-bond acceptors (Lipinski definition) is 12. The molecule has 4 aliphatic heterocycles. The van der Waals surface area contributed by atoms with Gasteiger partial charge in [-0.2, -0.15) is 15.2 Å². The summed E-state index contributed by atoms with van der Waals surface area (Å²) in [5, 5.41) is 15.1. The van der Waals surface area contributed by atoms with Crippen LogP contribution in [0.4, 0.5) is 29.2 Å². The number of anilines is 2. The number of carbonyl (C=O) groups excluding carboxylic acids is 2. The van der Waals surface area contributed by atoms with Crippen LogP contribution in [0.3, 0.4) is 0 Å². The number of alkyl halides is 1. The maximum absolute atomic E-state index is 15.6. The van der Waals surface area contributed by atoms with Crippen LogP contribution in [-0.4, -0.2) is 109 Å². The van der Waals surface area contributed by atoms with Gasteiger partial charge < -0.3 is 23.7 Å². The molecule has 8 heterocycles. The first-order valence-corrected chi connectivity index (χ1v) is 21.3. The van der Waals surface area contributed by atoms with E-state index in [0.717, 1.165) is 54.3 Å². The molecular weight excluding hydrogens is 793 g/mol. The molecule has 4 fully saturated rings. The number of nitrogens with zero attached hydrogens (tertiary/aromatic N) is 8. The first-order chi connectivity index (χ1) is 28.4. The number of piperazine rings is 1. The zero-order chi connectivity index (χ0) is 42.5. The lowest BCUT2D eigenvalue weighted by molar-refractivity contribution is 0.0122. The Kier molecular flexibility index (Phi) is 9.62. The Morgan fingerprint density at radius 2 is 1.77 bits per heavy atom. The number of aromatic nitrogens is 4. The van der Waals surface area contributed by atoms with Gasteiger partial charge in [-0.25, -0.2) is 18.4 Å². The molecule has 1 aromatic carbocycles. The summed E-state index contributed by atoms with van der Waals surface area (Å²) in [5.41, 5.74) is 0.434. The molecule has 17 heteroatoms. The molecule has 0 aliphatic carbocycles. The van der Waals surface area contributed by atoms with E-state index in [-0.39, 0.29) is 46.1 Å². The fourth-order valence-electron chi connectivity index (χ4n) is 9.79. The average Bonchev–Trinajstić information content (AvgIpc) is 3.94. The molecular formula is C43H49F2N9O5S. The summed E-state index contributed by atoms with van der Waals surface area (Å²) in [6.07, 6.45) is 3.50. The third-order valence-corrected chi connectivity index (χ3v) is 13.2. The van der Waals surface area contributed by atoms with E-state index < -0.39 is 34.8 Å². The standard InChI is InChI=1S/C43H49F2N9O5S/c1-41(2,3)58-39(55)50-37-28(18-46)30-26(11-12-29(45)34(30)60-37)32-33-27(13-15-47-32)31-35(51(33)7)48-38(57-22-43-14-8-16-53(43)19-23(44)17-43)49-36(31)52-20-24-9-10-25(21-52)54(24)40(56)59-42(4,5)6/h11-13,15,23-25H,8-10,14,16-17,19-22H2,1-7H3,(H,50,55)/t23-,24-,25+,43+/m1/s1. The van der Waals surface area contributed by atoms with E-state index in [1.807, 2.05) is 43.4 Å². The van der Waals surface area contributed by atoms with Crippen LogP contribution < -0.4 is 15.0 Å². The van der Waals surface area contributed by atoms with Gasteiger partial charge in [-0.15, -0.1) is 11.3 Å². The number of benzene rings is 1. The van der Waals surface area contributed by atoms with Gasteiger partial charge in [-0.1, -0.05) is 0 Å². The third kappa shape index (κ3) is 6.91. The summed E-state index contributed by atoms with van der Waals surface area (Å²) in [7, 11) is 1.87. The number of pyridine rings is 1. The van der Waals surface area contributed by atoms with Gasteiger partial charge >= 0.3 is 18.2 Å². The number of ether oxygens (including phenoxy) is 3. The maximum atomic E-state index is 15.6. The number of halogens is 2. The Bertz CT molecular complexity index is 2600. The van der Waals surface area contributed by atoms with Crippen molar-refractivity contribution >= 4 is 66.4 Å². The zero-order valence-corrected chi connectivity index (χ0v) is 35.7. The van der Waals surface area contributed by atoms with Crippen LogP contribution in [0.1, 0.15) is 79.2 Å². The quantitative estimate of drug-likeness (QED) is 0.176. The van der Waals surface area contributed by atoms with Crippen molar-refractivity contribution < 1.29 is 32.6 Å². The van der Waals surface area contributed by atoms with Gasteiger partial charge in [0.05, 0.1) is 44.5 Å². The van der Waals surface area contributed by atoms with Gasteiger partial charge in [0.1, 0.15) is 52.3 Å². The normalized spacial score (nSPS) is 23.1. The van der Waals surface area contributed by atoms with E-state index in [4.69, 9.17) is 29.2 Å². The molecule has 0 spiro atoms. The van der Waals surface area contributed by atoms with Crippen molar-refractivity contribution in [3.05, 3.63) is 35.8 Å². The minimum Gasteiger partial charge on any atom is -0.461 e. The molecule has 0 unspecified atom stereocenters. The summed E-state index contributed by atoms with van der Waals surface area (Å²) >= 11 is 0.956. The summed E-state index contributed by atoms with van der Waals surface area (Å²) in [6.45, 7) is 13.3. The maximum Gasteiger partial charge on any atom is 0.412 e. The van der Waals surface area contributed by atoms with Crippen LogP contribution in [0, 0.1) is 17.1 Å². The molecule has 0 radical (unpaired) electrons. The lowest BCUT2D eigenvalue weighted by Crippen LogP contribution is -2.57. The van der Waals surface area contributed by atoms with Crippen molar-refractivity contribution in [2.45, 2.75) is 109 Å². The summed E-state index contributed by atoms with van der Waals surface area (Å²) in [5.74, 6) is 0.0869. The highest BCUT2D eigenvalue weighted by Gasteiger charge is 2.50. The molecule has 4 aromatic heterocycles. The first kappa shape index (κ1) is 40.1. The van der Waals surface area contributed by atoms with Crippen molar-refractivity contribution in [1.82, 2.24) is 29.3 Å². The van der Waals surface area contributed by atoms with Crippen LogP contribution in [0.5, 0.6) is 6.01 Å². The molecule has 2 bridgehead atoms. The number of nitriles is 1. The number of hydrogen-bond donors (Lipinski definition) is 1. The second-order valence-electron chi connectivity index (χ2n) is 18.5. The van der Waals surface area contributed by atoms with Crippen molar-refractivity contribution in [3.8, 4) is 23.3 Å². The Labute approximate surface area is 350 Å². The summed E-state index contributed by atoms with van der Waals surface area (Å²) in [4.78, 5) is 47.5. The number of fused-ring (bicyclic) bond motifs is 7. The molecule has 9 rings (SSSR count). The predicted octanol–water partition coefficient (Wildman–Crippen LogP) is 8.30. The number of amides is 2. The topological polar surface area (TPSA) is 151 Å². The number of thiophene rings is 1. The molecule has 14 nitrogen and oxygen atoms in total. The second kappa shape index (κ2) is 14.4. The van der Waals surface area contributed by atoms with Crippen LogP contribution in [0.2, 0.25) is 0 Å². The highest BCUT2D eigenvalue weighted by atomic mass is 32.1. The largest absolute Gasteiger partial charge is 0.461 e. The minimum atomic E-state index is -0.916. The molecule has 2 amide bonds. The summed E-state index contributed by atoms with van der Waals surface area (Å²) in [6, 6.07) is 6.98. The molecule has 60 heavy (non-hydrogen) atoms. The van der Waals surface area contributed by atoms with Gasteiger partial charge in [0.2, 0.25) is 0 Å². The van der Waals surface area contributed by atoms with Gasteiger partial charge in [0.25, 0.3) is 0 Å². The lowest BCUT2D eigenvalue weighted by Gasteiger charge is -2.42. The fourth-order valence-corrected chi connectivity index (χ4v) is 10.9. The van der Waals surface area contributed by atoms with Crippen LogP contribution >= 0.6 is 11.3 Å². The van der Waals surface area contributed by atoms with E-state index in [2.05, 4.69) is 21.2 Å². The molecule has 4 aliphatic rings. The van der Waals surface area contributed by atoms with Gasteiger partial charge in [0.15, 0.2) is 0 Å². The smallest absolute Gasteiger partial charge is 0.412 e. The Morgan fingerprint density at radius 1 is 1.03 bits per heavy atom. The molecule has 316 valence electrons. The van der Waals surface area contributed by atoms with Gasteiger partial charge in [-0.3, -0.25) is 20.1 Å². The van der Waals surface area contributed by atoms with E-state index in [1.165, 1.54) is 6.07 Å².